The molecule has 0 aliphatic carbocycles. The van der Waals surface area contributed by atoms with E-state index in [0.29, 0.717) is 5.69 Å². The van der Waals surface area contributed by atoms with Crippen LogP contribution in [0.2, 0.25) is 0 Å². The number of aromatic nitrogens is 1. The van der Waals surface area contributed by atoms with Crippen molar-refractivity contribution >= 4 is 17.1 Å². The van der Waals surface area contributed by atoms with Crippen LogP contribution in [0.15, 0.2) is 28.1 Å². The summed E-state index contributed by atoms with van der Waals surface area (Å²) in [5, 5.41) is 5.73. The van der Waals surface area contributed by atoms with Crippen LogP contribution in [0.5, 0.6) is 0 Å². The molecule has 0 saturated carbocycles. The molecule has 0 aromatic carbocycles. The minimum atomic E-state index is -0.236. The minimum absolute atomic E-state index is 0.0565. The predicted molar refractivity (Wildman–Crippen MR) is 53.2 cm³/mol. The van der Waals surface area contributed by atoms with Crippen molar-refractivity contribution in [2.75, 3.05) is 6.54 Å². The monoisotopic (exact) mass is 208 g/mol. The maximum Gasteiger partial charge on any atom is 0.214 e. The third-order valence-electron chi connectivity index (χ3n) is 1.74. The van der Waals surface area contributed by atoms with E-state index in [1.165, 1.54) is 0 Å². The van der Waals surface area contributed by atoms with Crippen molar-refractivity contribution in [3.05, 3.63) is 29.3 Å². The molecule has 0 aliphatic rings. The molecule has 4 nitrogen and oxygen atoms in total. The Morgan fingerprint density at radius 3 is 3.14 bits per heavy atom. The Balaban J connectivity index is 2.31. The first-order valence-corrected chi connectivity index (χ1v) is 4.93. The van der Waals surface area contributed by atoms with Gasteiger partial charge in [-0.05, 0) is 11.4 Å². The fourth-order valence-corrected chi connectivity index (χ4v) is 1.73. The van der Waals surface area contributed by atoms with E-state index >= 15 is 0 Å². The molecule has 2 rings (SSSR count). The molecule has 0 bridgehead atoms. The highest BCUT2D eigenvalue weighted by Crippen LogP contribution is 2.23. The molecule has 0 atom stereocenters. The van der Waals surface area contributed by atoms with Gasteiger partial charge in [-0.15, -0.1) is 11.3 Å². The van der Waals surface area contributed by atoms with Crippen molar-refractivity contribution in [1.29, 1.82) is 0 Å². The molecule has 2 aromatic heterocycles. The molecular weight excluding hydrogens is 200 g/mol. The number of Topliss-reactive ketones (excluding diaryl/α,β-unsaturated/α-hetero) is 1. The Bertz CT molecular complexity index is 433. The highest BCUT2D eigenvalue weighted by molar-refractivity contribution is 7.13. The van der Waals surface area contributed by atoms with Crippen LogP contribution in [0.3, 0.4) is 0 Å². The average Bonchev–Trinajstić information content (AvgIpc) is 2.86. The summed E-state index contributed by atoms with van der Waals surface area (Å²) in [7, 11) is 0. The van der Waals surface area contributed by atoms with Gasteiger partial charge in [0.25, 0.3) is 0 Å². The molecule has 72 valence electrons. The second-order valence-electron chi connectivity index (χ2n) is 2.68. The molecule has 0 amide bonds. The molecule has 0 fully saturated rings. The molecular formula is C9H8N2O2S. The van der Waals surface area contributed by atoms with Gasteiger partial charge in [-0.25, -0.2) is 0 Å². The maximum absolute atomic E-state index is 11.1. The first kappa shape index (κ1) is 9.11. The van der Waals surface area contributed by atoms with Gasteiger partial charge in [-0.3, -0.25) is 4.79 Å². The molecule has 0 aliphatic heterocycles. The van der Waals surface area contributed by atoms with Crippen LogP contribution in [0.4, 0.5) is 0 Å². The van der Waals surface area contributed by atoms with Gasteiger partial charge in [0.2, 0.25) is 11.5 Å². The third-order valence-corrected chi connectivity index (χ3v) is 2.64. The van der Waals surface area contributed by atoms with Gasteiger partial charge in [0, 0.05) is 6.07 Å². The van der Waals surface area contributed by atoms with Gasteiger partial charge in [-0.2, -0.15) is 0 Å². The Morgan fingerprint density at radius 1 is 1.64 bits per heavy atom. The van der Waals surface area contributed by atoms with Crippen molar-refractivity contribution in [3.8, 4) is 10.6 Å². The van der Waals surface area contributed by atoms with Crippen LogP contribution < -0.4 is 5.73 Å². The highest BCUT2D eigenvalue weighted by Gasteiger charge is 2.12. The van der Waals surface area contributed by atoms with Gasteiger partial charge in [0.1, 0.15) is 5.69 Å². The van der Waals surface area contributed by atoms with E-state index in [-0.39, 0.29) is 18.1 Å². The van der Waals surface area contributed by atoms with Crippen LogP contribution in [0, 0.1) is 0 Å². The number of carbonyl (C=O) groups is 1. The van der Waals surface area contributed by atoms with Gasteiger partial charge in [-0.1, -0.05) is 11.2 Å². The zero-order valence-corrected chi connectivity index (χ0v) is 8.08. The Hall–Kier alpha value is -1.46. The SMILES string of the molecule is NCC(=O)c1cc(-c2cccs2)no1. The molecule has 0 saturated heterocycles. The summed E-state index contributed by atoms with van der Waals surface area (Å²) in [4.78, 5) is 12.1. The Morgan fingerprint density at radius 2 is 2.50 bits per heavy atom. The lowest BCUT2D eigenvalue weighted by atomic mass is 10.2. The summed E-state index contributed by atoms with van der Waals surface area (Å²) in [6.07, 6.45) is 0. The lowest BCUT2D eigenvalue weighted by Crippen LogP contribution is -2.12. The first-order chi connectivity index (χ1) is 6.81. The highest BCUT2D eigenvalue weighted by atomic mass is 32.1. The summed E-state index contributed by atoms with van der Waals surface area (Å²) in [6.45, 7) is -0.0565. The van der Waals surface area contributed by atoms with E-state index < -0.39 is 0 Å². The standard InChI is InChI=1S/C9H8N2O2S/c10-5-7(12)8-4-6(11-13-8)9-2-1-3-14-9/h1-4H,5,10H2. The second kappa shape index (κ2) is 3.73. The Labute approximate surface area is 84.3 Å². The summed E-state index contributed by atoms with van der Waals surface area (Å²) in [5.41, 5.74) is 5.87. The number of nitrogens with two attached hydrogens (primary N) is 1. The van der Waals surface area contributed by atoms with Crippen molar-refractivity contribution in [2.24, 2.45) is 5.73 Å². The largest absolute Gasteiger partial charge is 0.352 e. The lowest BCUT2D eigenvalue weighted by Gasteiger charge is -1.85. The number of hydrogen-bond donors (Lipinski definition) is 1. The van der Waals surface area contributed by atoms with Crippen LogP contribution in [-0.2, 0) is 0 Å². The predicted octanol–water partition coefficient (Wildman–Crippen LogP) is 1.54. The molecule has 14 heavy (non-hydrogen) atoms. The van der Waals surface area contributed by atoms with Gasteiger partial charge in [0.15, 0.2) is 0 Å². The van der Waals surface area contributed by atoms with Crippen LogP contribution in [-0.4, -0.2) is 17.5 Å². The molecule has 5 heteroatoms. The van der Waals surface area contributed by atoms with Crippen LogP contribution in [0.1, 0.15) is 10.6 Å². The quantitative estimate of drug-likeness (QED) is 0.777. The van der Waals surface area contributed by atoms with E-state index in [4.69, 9.17) is 10.3 Å². The number of thiophene rings is 1. The summed E-state index contributed by atoms with van der Waals surface area (Å²) in [6, 6.07) is 5.44. The number of carbonyl (C=O) groups excluding carboxylic acids is 1. The number of ketones is 1. The molecule has 2 heterocycles. The fourth-order valence-electron chi connectivity index (χ4n) is 1.05. The van der Waals surface area contributed by atoms with Crippen molar-refractivity contribution in [1.82, 2.24) is 5.16 Å². The molecule has 0 unspecified atom stereocenters. The summed E-state index contributed by atoms with van der Waals surface area (Å²) >= 11 is 1.54. The number of rotatable bonds is 3. The normalized spacial score (nSPS) is 10.4. The van der Waals surface area contributed by atoms with Gasteiger partial charge < -0.3 is 10.3 Å². The van der Waals surface area contributed by atoms with E-state index in [2.05, 4.69) is 5.16 Å². The molecule has 0 spiro atoms. The summed E-state index contributed by atoms with van der Waals surface area (Å²) < 4.78 is 4.87. The minimum Gasteiger partial charge on any atom is -0.352 e. The Kier molecular flexibility index (Phi) is 2.43. The lowest BCUT2D eigenvalue weighted by molar-refractivity contribution is 0.0966. The van der Waals surface area contributed by atoms with Crippen molar-refractivity contribution in [3.63, 3.8) is 0 Å². The van der Waals surface area contributed by atoms with E-state index in [1.807, 2.05) is 17.5 Å². The average molecular weight is 208 g/mol. The van der Waals surface area contributed by atoms with Crippen molar-refractivity contribution in [2.45, 2.75) is 0 Å². The topological polar surface area (TPSA) is 69.1 Å². The fraction of sp³-hybridized carbons (Fsp3) is 0.111. The molecule has 0 radical (unpaired) electrons. The van der Waals surface area contributed by atoms with Crippen LogP contribution in [0.25, 0.3) is 10.6 Å². The van der Waals surface area contributed by atoms with E-state index in [0.717, 1.165) is 4.88 Å². The van der Waals surface area contributed by atoms with E-state index in [9.17, 15) is 4.79 Å². The maximum atomic E-state index is 11.1. The van der Waals surface area contributed by atoms with Gasteiger partial charge in [0.05, 0.1) is 11.4 Å². The number of nitrogens with zero attached hydrogens (tertiary/aromatic N) is 1. The van der Waals surface area contributed by atoms with E-state index in [1.54, 1.807) is 17.4 Å². The van der Waals surface area contributed by atoms with Crippen LogP contribution >= 0.6 is 11.3 Å². The second-order valence-corrected chi connectivity index (χ2v) is 3.63. The van der Waals surface area contributed by atoms with Crippen molar-refractivity contribution < 1.29 is 9.32 Å². The van der Waals surface area contributed by atoms with Gasteiger partial charge >= 0.3 is 0 Å². The zero-order valence-electron chi connectivity index (χ0n) is 7.27. The molecule has 2 N–H and O–H groups in total. The molecule has 2 aromatic rings. The summed E-state index contributed by atoms with van der Waals surface area (Å²) in [5.74, 6) is -0.0174. The number of hydrogen-bond acceptors (Lipinski definition) is 5. The smallest absolute Gasteiger partial charge is 0.214 e. The third kappa shape index (κ3) is 1.59. The zero-order chi connectivity index (χ0) is 9.97. The first-order valence-electron chi connectivity index (χ1n) is 4.05.